The molecule has 0 spiro atoms. The van der Waals surface area contributed by atoms with Gasteiger partial charge in [-0.2, -0.15) is 4.99 Å². The third kappa shape index (κ3) is 3.97. The minimum Gasteiger partial charge on any atom is -0.378 e. The summed E-state index contributed by atoms with van der Waals surface area (Å²) >= 11 is 0. The summed E-state index contributed by atoms with van der Waals surface area (Å²) in [5, 5.41) is 0. The van der Waals surface area contributed by atoms with Crippen LogP contribution in [0.5, 0.6) is 0 Å². The number of nitrogens with zero attached hydrogens (tertiary/aromatic N) is 8. The van der Waals surface area contributed by atoms with Crippen LogP contribution >= 0.6 is 0 Å². The maximum Gasteiger partial charge on any atom is 0.223 e. The molecular weight excluding hydrogens is 434 g/mol. The Hall–Kier alpha value is -3.57. The van der Waals surface area contributed by atoms with Crippen LogP contribution in [0.15, 0.2) is 52.4 Å². The monoisotopic (exact) mass is 461 g/mol. The van der Waals surface area contributed by atoms with E-state index in [1.54, 1.807) is 12.4 Å². The van der Waals surface area contributed by atoms with Gasteiger partial charge in [0.05, 0.1) is 26.4 Å². The first-order valence-corrected chi connectivity index (χ1v) is 11.6. The molecule has 0 radical (unpaired) electrons. The first-order valence-electron chi connectivity index (χ1n) is 11.6. The molecule has 2 aromatic rings. The molecule has 4 aliphatic heterocycles. The molecule has 0 aliphatic carbocycles. The average Bonchev–Trinajstić information content (AvgIpc) is 3.34. The Labute approximate surface area is 197 Å². The molecular formula is C23H27N9O2. The molecule has 1 unspecified atom stereocenters. The highest BCUT2D eigenvalue weighted by Gasteiger charge is 2.35. The van der Waals surface area contributed by atoms with Crippen LogP contribution in [0, 0.1) is 0 Å². The van der Waals surface area contributed by atoms with Crippen molar-refractivity contribution in [3.63, 3.8) is 0 Å². The van der Waals surface area contributed by atoms with E-state index < -0.39 is 0 Å². The fourth-order valence-electron chi connectivity index (χ4n) is 4.62. The summed E-state index contributed by atoms with van der Waals surface area (Å²) < 4.78 is 11.0. The van der Waals surface area contributed by atoms with Gasteiger partial charge in [0.25, 0.3) is 0 Å². The van der Waals surface area contributed by atoms with Crippen molar-refractivity contribution in [1.82, 2.24) is 19.9 Å². The normalized spacial score (nSPS) is 22.8. The Morgan fingerprint density at radius 2 is 1.62 bits per heavy atom. The predicted molar refractivity (Wildman–Crippen MR) is 129 cm³/mol. The third-order valence-electron chi connectivity index (χ3n) is 6.43. The zero-order valence-electron chi connectivity index (χ0n) is 18.9. The molecule has 176 valence electrons. The first kappa shape index (κ1) is 21.0. The summed E-state index contributed by atoms with van der Waals surface area (Å²) in [6.45, 7) is 6.68. The lowest BCUT2D eigenvalue weighted by molar-refractivity contribution is 0.0673. The van der Waals surface area contributed by atoms with Crippen LogP contribution in [-0.4, -0.2) is 90.8 Å². The summed E-state index contributed by atoms with van der Waals surface area (Å²) in [7, 11) is 0. The van der Waals surface area contributed by atoms with E-state index in [4.69, 9.17) is 25.2 Å². The molecule has 6 rings (SSSR count). The quantitative estimate of drug-likeness (QED) is 0.711. The minimum atomic E-state index is -0.239. The van der Waals surface area contributed by atoms with Crippen LogP contribution in [-0.2, 0) is 9.47 Å². The number of aliphatic imine (C=N–C) groups is 2. The molecule has 11 nitrogen and oxygen atoms in total. The highest BCUT2D eigenvalue weighted by atomic mass is 16.5. The van der Waals surface area contributed by atoms with Gasteiger partial charge in [0.1, 0.15) is 17.7 Å². The number of amidine groups is 1. The number of hydrogen-bond donors (Lipinski definition) is 1. The molecule has 4 aliphatic rings. The largest absolute Gasteiger partial charge is 0.378 e. The molecule has 34 heavy (non-hydrogen) atoms. The molecule has 0 amide bonds. The number of hydrogen-bond acceptors (Lipinski definition) is 11. The van der Waals surface area contributed by atoms with E-state index in [-0.39, 0.29) is 12.0 Å². The van der Waals surface area contributed by atoms with Crippen LogP contribution in [0.1, 0.15) is 11.6 Å². The van der Waals surface area contributed by atoms with Gasteiger partial charge in [-0.3, -0.25) is 0 Å². The van der Waals surface area contributed by atoms with Crippen LogP contribution in [0.3, 0.4) is 0 Å². The van der Waals surface area contributed by atoms with Crippen molar-refractivity contribution in [3.8, 4) is 0 Å². The molecule has 1 atom stereocenters. The molecule has 2 aromatic heterocycles. The van der Waals surface area contributed by atoms with Crippen molar-refractivity contribution in [2.24, 2.45) is 9.98 Å². The van der Waals surface area contributed by atoms with E-state index in [9.17, 15) is 0 Å². The van der Waals surface area contributed by atoms with Gasteiger partial charge in [-0.05, 0) is 6.07 Å². The van der Waals surface area contributed by atoms with Gasteiger partial charge in [0, 0.05) is 74.2 Å². The Morgan fingerprint density at radius 1 is 0.912 bits per heavy atom. The number of fused-ring (bicyclic) bond motifs is 1. The van der Waals surface area contributed by atoms with Crippen LogP contribution in [0.25, 0.3) is 0 Å². The average molecular weight is 462 g/mol. The van der Waals surface area contributed by atoms with Crippen molar-refractivity contribution < 1.29 is 9.47 Å². The zero-order chi connectivity index (χ0) is 22.9. The van der Waals surface area contributed by atoms with Gasteiger partial charge < -0.3 is 29.9 Å². The summed E-state index contributed by atoms with van der Waals surface area (Å²) in [5.41, 5.74) is 8.73. The second-order valence-electron chi connectivity index (χ2n) is 8.48. The van der Waals surface area contributed by atoms with E-state index in [1.165, 1.54) is 0 Å². The van der Waals surface area contributed by atoms with Gasteiger partial charge in [-0.15, -0.1) is 0 Å². The zero-order valence-corrected chi connectivity index (χ0v) is 18.9. The lowest BCUT2D eigenvalue weighted by atomic mass is 10.0. The number of ether oxygens (including phenoxy) is 2. The smallest absolute Gasteiger partial charge is 0.223 e. The van der Waals surface area contributed by atoms with Crippen LogP contribution in [0.4, 0.5) is 17.5 Å². The van der Waals surface area contributed by atoms with E-state index >= 15 is 0 Å². The summed E-state index contributed by atoms with van der Waals surface area (Å²) in [5.74, 6) is 2.82. The number of anilines is 3. The topological polar surface area (TPSA) is 118 Å². The molecule has 2 fully saturated rings. The number of nitrogen functional groups attached to an aromatic ring is 1. The van der Waals surface area contributed by atoms with Crippen molar-refractivity contribution in [2.45, 2.75) is 6.04 Å². The predicted octanol–water partition coefficient (Wildman–Crippen LogP) is 0.878. The Bertz CT molecular complexity index is 1140. The van der Waals surface area contributed by atoms with E-state index in [0.717, 1.165) is 67.9 Å². The summed E-state index contributed by atoms with van der Waals surface area (Å²) in [6, 6.07) is 3.92. The Kier molecular flexibility index (Phi) is 5.55. The van der Waals surface area contributed by atoms with Crippen LogP contribution in [0.2, 0.25) is 0 Å². The lowest BCUT2D eigenvalue weighted by Crippen LogP contribution is -2.43. The molecule has 2 N–H and O–H groups in total. The van der Waals surface area contributed by atoms with Crippen molar-refractivity contribution in [1.29, 1.82) is 0 Å². The molecule has 0 saturated carbocycles. The van der Waals surface area contributed by atoms with Crippen LogP contribution < -0.4 is 15.5 Å². The molecule has 11 heteroatoms. The number of guanidine groups is 1. The van der Waals surface area contributed by atoms with Gasteiger partial charge in [0.2, 0.25) is 11.9 Å². The Balaban J connectivity index is 1.35. The van der Waals surface area contributed by atoms with E-state index in [0.29, 0.717) is 25.7 Å². The number of nitrogens with two attached hydrogens (primary N) is 1. The van der Waals surface area contributed by atoms with Crippen molar-refractivity contribution in [3.05, 3.63) is 47.9 Å². The lowest BCUT2D eigenvalue weighted by Gasteiger charge is -2.33. The third-order valence-corrected chi connectivity index (χ3v) is 6.43. The molecule has 6 heterocycles. The van der Waals surface area contributed by atoms with Gasteiger partial charge >= 0.3 is 0 Å². The fraction of sp³-hybridized carbons (Fsp3) is 0.435. The minimum absolute atomic E-state index is 0.239. The SMILES string of the molecule is Nc1ncc(C2N=C(N3CCOCC3)N=C3C2=CCN3c2ccnc(N3CCOCC3)c2)cn1. The van der Waals surface area contributed by atoms with E-state index in [1.807, 2.05) is 12.3 Å². The number of morpholine rings is 2. The number of rotatable bonds is 3. The summed E-state index contributed by atoms with van der Waals surface area (Å²) in [6.07, 6.45) is 7.56. The highest BCUT2D eigenvalue weighted by molar-refractivity contribution is 6.18. The number of pyridine rings is 1. The first-order chi connectivity index (χ1) is 16.8. The van der Waals surface area contributed by atoms with Gasteiger partial charge in [-0.1, -0.05) is 6.08 Å². The van der Waals surface area contributed by atoms with Crippen molar-refractivity contribution in [2.75, 3.05) is 74.7 Å². The van der Waals surface area contributed by atoms with Gasteiger partial charge in [0.15, 0.2) is 0 Å². The highest BCUT2D eigenvalue weighted by Crippen LogP contribution is 2.36. The molecule has 2 saturated heterocycles. The summed E-state index contributed by atoms with van der Waals surface area (Å²) in [4.78, 5) is 29.7. The fourth-order valence-corrected chi connectivity index (χ4v) is 4.62. The second kappa shape index (κ2) is 8.99. The molecule has 0 aromatic carbocycles. The maximum absolute atomic E-state index is 5.74. The van der Waals surface area contributed by atoms with E-state index in [2.05, 4.69) is 41.8 Å². The second-order valence-corrected chi connectivity index (χ2v) is 8.48. The number of aromatic nitrogens is 3. The maximum atomic E-state index is 5.74. The molecule has 0 bridgehead atoms. The Morgan fingerprint density at radius 3 is 2.35 bits per heavy atom. The standard InChI is InChI=1S/C23H27N9O2/c24-22-26-14-16(15-27-22)20-18-2-4-32(21(18)29-23(28-20)31-7-11-34-12-8-31)17-1-3-25-19(13-17)30-5-9-33-10-6-30/h1-3,13-15,20H,4-12H2,(H2,24,26,27). The van der Waals surface area contributed by atoms with Crippen molar-refractivity contribution >= 4 is 29.2 Å². The van der Waals surface area contributed by atoms with Gasteiger partial charge in [-0.25, -0.2) is 19.9 Å².